The van der Waals surface area contributed by atoms with Crippen LogP contribution in [0.2, 0.25) is 0 Å². The van der Waals surface area contributed by atoms with Crippen molar-refractivity contribution in [2.24, 2.45) is 0 Å². The number of carbonyl (C=O) groups is 2. The number of hydrogen-bond acceptors (Lipinski definition) is 4. The quantitative estimate of drug-likeness (QED) is 0.862. The van der Waals surface area contributed by atoms with E-state index in [9.17, 15) is 9.59 Å². The molecule has 0 atom stereocenters. The fourth-order valence-corrected chi connectivity index (χ4v) is 1.58. The highest BCUT2D eigenvalue weighted by Crippen LogP contribution is 2.11. The van der Waals surface area contributed by atoms with Gasteiger partial charge in [0, 0.05) is 26.3 Å². The summed E-state index contributed by atoms with van der Waals surface area (Å²) < 4.78 is 0. The largest absolute Gasteiger partial charge is 0.480 e. The number of anilines is 1. The van der Waals surface area contributed by atoms with E-state index in [1.165, 1.54) is 11.1 Å². The van der Waals surface area contributed by atoms with Crippen LogP contribution in [0.3, 0.4) is 0 Å². The highest BCUT2D eigenvalue weighted by atomic mass is 16.4. The number of aromatic nitrogens is 1. The van der Waals surface area contributed by atoms with Gasteiger partial charge in [-0.25, -0.2) is 4.98 Å². The maximum absolute atomic E-state index is 12.2. The molecule has 0 unspecified atom stereocenters. The van der Waals surface area contributed by atoms with Gasteiger partial charge in [-0.3, -0.25) is 9.59 Å². The Kier molecular flexibility index (Phi) is 4.86. The van der Waals surface area contributed by atoms with Gasteiger partial charge >= 0.3 is 5.97 Å². The second-order valence-electron chi connectivity index (χ2n) is 4.72. The van der Waals surface area contributed by atoms with Crippen LogP contribution in [0.1, 0.15) is 24.2 Å². The van der Waals surface area contributed by atoms with Crippen molar-refractivity contribution in [1.82, 2.24) is 9.88 Å². The summed E-state index contributed by atoms with van der Waals surface area (Å²) in [5.41, 5.74) is 0.389. The first-order chi connectivity index (χ1) is 8.82. The Morgan fingerprint density at radius 3 is 2.32 bits per heavy atom. The number of carboxylic acid groups (broad SMARTS) is 1. The van der Waals surface area contributed by atoms with Crippen LogP contribution in [0.25, 0.3) is 0 Å². The third kappa shape index (κ3) is 3.94. The summed E-state index contributed by atoms with van der Waals surface area (Å²) in [6.07, 6.45) is 1.47. The summed E-state index contributed by atoms with van der Waals surface area (Å²) >= 11 is 0. The molecule has 0 aliphatic heterocycles. The van der Waals surface area contributed by atoms with Crippen molar-refractivity contribution < 1.29 is 14.7 Å². The molecular formula is C13H19N3O3. The summed E-state index contributed by atoms with van der Waals surface area (Å²) in [5, 5.41) is 8.83. The number of aliphatic carboxylic acids is 1. The molecule has 0 fully saturated rings. The lowest BCUT2D eigenvalue weighted by Gasteiger charge is -2.25. The molecule has 0 saturated heterocycles. The van der Waals surface area contributed by atoms with Crippen LogP contribution in [0, 0.1) is 0 Å². The first-order valence-corrected chi connectivity index (χ1v) is 5.99. The summed E-state index contributed by atoms with van der Waals surface area (Å²) in [7, 11) is 3.71. The molecular weight excluding hydrogens is 246 g/mol. The van der Waals surface area contributed by atoms with E-state index in [4.69, 9.17) is 5.11 Å². The van der Waals surface area contributed by atoms with Gasteiger partial charge in [0.15, 0.2) is 0 Å². The van der Waals surface area contributed by atoms with E-state index in [0.29, 0.717) is 5.56 Å². The zero-order valence-electron chi connectivity index (χ0n) is 11.6. The number of amides is 1. The molecule has 0 aliphatic rings. The molecule has 1 heterocycles. The molecule has 19 heavy (non-hydrogen) atoms. The van der Waals surface area contributed by atoms with Crippen molar-refractivity contribution in [1.29, 1.82) is 0 Å². The fraction of sp³-hybridized carbons (Fsp3) is 0.462. The first kappa shape index (κ1) is 14.9. The van der Waals surface area contributed by atoms with Crippen LogP contribution in [0.5, 0.6) is 0 Å². The molecule has 0 aliphatic carbocycles. The Labute approximate surface area is 112 Å². The van der Waals surface area contributed by atoms with Crippen molar-refractivity contribution in [3.05, 3.63) is 23.9 Å². The van der Waals surface area contributed by atoms with Gasteiger partial charge in [-0.15, -0.1) is 0 Å². The zero-order valence-corrected chi connectivity index (χ0v) is 11.6. The van der Waals surface area contributed by atoms with Gasteiger partial charge < -0.3 is 14.9 Å². The summed E-state index contributed by atoms with van der Waals surface area (Å²) in [6, 6.07) is 3.20. The van der Waals surface area contributed by atoms with Crippen LogP contribution >= 0.6 is 0 Å². The SMILES string of the molecule is CC(C)N(CC(=O)O)C(=O)c1ccc(N(C)C)nc1. The number of nitrogens with zero attached hydrogens (tertiary/aromatic N) is 3. The van der Waals surface area contributed by atoms with E-state index in [2.05, 4.69) is 4.98 Å². The number of rotatable bonds is 5. The maximum atomic E-state index is 12.2. The van der Waals surface area contributed by atoms with E-state index in [1.54, 1.807) is 26.0 Å². The lowest BCUT2D eigenvalue weighted by molar-refractivity contribution is -0.138. The highest BCUT2D eigenvalue weighted by molar-refractivity contribution is 5.95. The smallest absolute Gasteiger partial charge is 0.323 e. The van der Waals surface area contributed by atoms with Crippen molar-refractivity contribution >= 4 is 17.7 Å². The molecule has 1 amide bonds. The van der Waals surface area contributed by atoms with E-state index in [0.717, 1.165) is 5.82 Å². The number of carbonyl (C=O) groups excluding carboxylic acids is 1. The molecule has 6 heteroatoms. The third-order valence-corrected chi connectivity index (χ3v) is 2.64. The van der Waals surface area contributed by atoms with E-state index in [1.807, 2.05) is 19.0 Å². The fourth-order valence-electron chi connectivity index (χ4n) is 1.58. The maximum Gasteiger partial charge on any atom is 0.323 e. The predicted molar refractivity (Wildman–Crippen MR) is 72.4 cm³/mol. The lowest BCUT2D eigenvalue weighted by Crippen LogP contribution is -2.40. The normalized spacial score (nSPS) is 10.4. The Hall–Kier alpha value is -2.11. The average Bonchev–Trinajstić information content (AvgIpc) is 2.34. The standard InChI is InChI=1S/C13H19N3O3/c1-9(2)16(8-12(17)18)13(19)10-5-6-11(14-7-10)15(3)4/h5-7,9H,8H2,1-4H3,(H,17,18). The molecule has 0 saturated carbocycles. The van der Waals surface area contributed by atoms with Gasteiger partial charge in [0.05, 0.1) is 5.56 Å². The molecule has 1 rings (SSSR count). The van der Waals surface area contributed by atoms with Gasteiger partial charge in [-0.05, 0) is 26.0 Å². The van der Waals surface area contributed by atoms with Crippen LogP contribution in [-0.4, -0.2) is 53.5 Å². The molecule has 1 N–H and O–H groups in total. The minimum absolute atomic E-state index is 0.183. The zero-order chi connectivity index (χ0) is 14.6. The van der Waals surface area contributed by atoms with Gasteiger partial charge in [-0.2, -0.15) is 0 Å². The van der Waals surface area contributed by atoms with Crippen LogP contribution in [0.4, 0.5) is 5.82 Å². The summed E-state index contributed by atoms with van der Waals surface area (Å²) in [5.74, 6) is -0.610. The molecule has 6 nitrogen and oxygen atoms in total. The number of carboxylic acids is 1. The Balaban J connectivity index is 2.93. The second-order valence-corrected chi connectivity index (χ2v) is 4.72. The lowest BCUT2D eigenvalue weighted by atomic mass is 10.2. The summed E-state index contributed by atoms with van der Waals surface area (Å²) in [4.78, 5) is 30.3. The van der Waals surface area contributed by atoms with Crippen molar-refractivity contribution in [2.45, 2.75) is 19.9 Å². The monoisotopic (exact) mass is 265 g/mol. The Morgan fingerprint density at radius 2 is 1.95 bits per heavy atom. The van der Waals surface area contributed by atoms with Crippen molar-refractivity contribution in [2.75, 3.05) is 25.5 Å². The minimum Gasteiger partial charge on any atom is -0.480 e. The van der Waals surface area contributed by atoms with Crippen molar-refractivity contribution in [3.63, 3.8) is 0 Å². The van der Waals surface area contributed by atoms with Crippen LogP contribution in [0.15, 0.2) is 18.3 Å². The topological polar surface area (TPSA) is 73.7 Å². The first-order valence-electron chi connectivity index (χ1n) is 5.99. The predicted octanol–water partition coefficient (Wildman–Crippen LogP) is 1.08. The number of hydrogen-bond donors (Lipinski definition) is 1. The average molecular weight is 265 g/mol. The van der Waals surface area contributed by atoms with E-state index in [-0.39, 0.29) is 18.5 Å². The molecule has 104 valence electrons. The van der Waals surface area contributed by atoms with Gasteiger partial charge in [0.25, 0.3) is 5.91 Å². The molecule has 1 aromatic heterocycles. The second kappa shape index (κ2) is 6.17. The molecule has 1 aromatic rings. The minimum atomic E-state index is -1.03. The van der Waals surface area contributed by atoms with Gasteiger partial charge in [-0.1, -0.05) is 0 Å². The number of pyridine rings is 1. The summed E-state index contributed by atoms with van der Waals surface area (Å²) in [6.45, 7) is 3.25. The van der Waals surface area contributed by atoms with Crippen LogP contribution in [-0.2, 0) is 4.79 Å². The Bertz CT molecular complexity index is 455. The van der Waals surface area contributed by atoms with E-state index >= 15 is 0 Å². The molecule has 0 spiro atoms. The molecule has 0 radical (unpaired) electrons. The highest BCUT2D eigenvalue weighted by Gasteiger charge is 2.21. The van der Waals surface area contributed by atoms with E-state index < -0.39 is 5.97 Å². The van der Waals surface area contributed by atoms with Crippen LogP contribution < -0.4 is 4.90 Å². The van der Waals surface area contributed by atoms with Crippen molar-refractivity contribution in [3.8, 4) is 0 Å². The molecule has 0 bridgehead atoms. The van der Waals surface area contributed by atoms with Gasteiger partial charge in [0.1, 0.15) is 12.4 Å². The third-order valence-electron chi connectivity index (χ3n) is 2.64. The molecule has 0 aromatic carbocycles. The van der Waals surface area contributed by atoms with Gasteiger partial charge in [0.2, 0.25) is 0 Å². The Morgan fingerprint density at radius 1 is 1.32 bits per heavy atom.